The minimum absolute atomic E-state index is 0.0497. The van der Waals surface area contributed by atoms with Crippen molar-refractivity contribution in [3.8, 4) is 12.3 Å². The van der Waals surface area contributed by atoms with Crippen molar-refractivity contribution in [3.63, 3.8) is 0 Å². The molecule has 1 fully saturated rings. The minimum atomic E-state index is -3.72. The number of terminal acetylenes is 1. The molecule has 3 rings (SSSR count). The summed E-state index contributed by atoms with van der Waals surface area (Å²) in [7, 11) is -3.72. The molecule has 1 atom stereocenters. The monoisotopic (exact) mass is 396 g/mol. The third kappa shape index (κ3) is 4.80. The van der Waals surface area contributed by atoms with Gasteiger partial charge in [0.25, 0.3) is 5.91 Å². The normalized spacial score (nSPS) is 16.7. The van der Waals surface area contributed by atoms with E-state index in [1.54, 1.807) is 12.1 Å². The molecule has 1 aliphatic rings. The fourth-order valence-electron chi connectivity index (χ4n) is 3.56. The first-order valence-corrected chi connectivity index (χ1v) is 10.9. The summed E-state index contributed by atoms with van der Waals surface area (Å²) < 4.78 is 26.9. The highest BCUT2D eigenvalue weighted by Gasteiger charge is 2.29. The first kappa shape index (κ1) is 20.1. The van der Waals surface area contributed by atoms with Gasteiger partial charge in [0.15, 0.2) is 0 Å². The van der Waals surface area contributed by atoms with Crippen LogP contribution in [0.4, 0.5) is 0 Å². The van der Waals surface area contributed by atoms with Crippen molar-refractivity contribution in [2.45, 2.75) is 36.6 Å². The van der Waals surface area contributed by atoms with Crippen molar-refractivity contribution in [3.05, 3.63) is 65.7 Å². The molecule has 1 saturated heterocycles. The number of rotatable bonds is 7. The highest BCUT2D eigenvalue weighted by Crippen LogP contribution is 2.25. The van der Waals surface area contributed by atoms with Crippen LogP contribution in [0.15, 0.2) is 59.5 Å². The quantitative estimate of drug-likeness (QED) is 0.732. The Labute approximate surface area is 166 Å². The number of amides is 1. The first-order valence-electron chi connectivity index (χ1n) is 9.39. The molecular weight excluding hydrogens is 372 g/mol. The van der Waals surface area contributed by atoms with Gasteiger partial charge in [-0.25, -0.2) is 8.42 Å². The standard InChI is InChI=1S/C22H24N2O3S/c1-2-15-23-28(26,27)21-12-6-10-19(17-21)22(25)24-16-7-11-20(24)14-13-18-8-4-3-5-9-18/h1,3-6,8-10,12,17,20,23H,7,11,13-16H2. The lowest BCUT2D eigenvalue weighted by molar-refractivity contribution is 0.0730. The molecular formula is C22H24N2O3S. The molecule has 2 aromatic carbocycles. The maximum Gasteiger partial charge on any atom is 0.254 e. The van der Waals surface area contributed by atoms with Gasteiger partial charge in [-0.1, -0.05) is 42.3 Å². The number of nitrogens with one attached hydrogen (secondary N) is 1. The van der Waals surface area contributed by atoms with Gasteiger partial charge in [0, 0.05) is 18.2 Å². The molecule has 1 N–H and O–H groups in total. The number of hydrogen-bond donors (Lipinski definition) is 1. The molecule has 0 aromatic heterocycles. The van der Waals surface area contributed by atoms with Crippen molar-refractivity contribution >= 4 is 15.9 Å². The Balaban J connectivity index is 1.72. The van der Waals surface area contributed by atoms with Gasteiger partial charge in [-0.2, -0.15) is 4.72 Å². The van der Waals surface area contributed by atoms with Crippen LogP contribution in [-0.2, 0) is 16.4 Å². The zero-order valence-electron chi connectivity index (χ0n) is 15.7. The van der Waals surface area contributed by atoms with Crippen molar-refractivity contribution in [1.29, 1.82) is 0 Å². The summed E-state index contributed by atoms with van der Waals surface area (Å²) in [6.45, 7) is 0.610. The van der Waals surface area contributed by atoms with E-state index in [-0.39, 0.29) is 23.4 Å². The van der Waals surface area contributed by atoms with Gasteiger partial charge in [-0.15, -0.1) is 6.42 Å². The molecule has 0 saturated carbocycles. The van der Waals surface area contributed by atoms with E-state index in [2.05, 4.69) is 22.8 Å². The number of aryl methyl sites for hydroxylation is 1. The summed E-state index contributed by atoms with van der Waals surface area (Å²) >= 11 is 0. The van der Waals surface area contributed by atoms with Gasteiger partial charge >= 0.3 is 0 Å². The smallest absolute Gasteiger partial charge is 0.254 e. The Kier molecular flexibility index (Phi) is 6.50. The van der Waals surface area contributed by atoms with E-state index < -0.39 is 10.0 Å². The number of carbonyl (C=O) groups excluding carboxylic acids is 1. The van der Waals surface area contributed by atoms with E-state index in [9.17, 15) is 13.2 Å². The lowest BCUT2D eigenvalue weighted by Gasteiger charge is -2.25. The molecule has 0 spiro atoms. The highest BCUT2D eigenvalue weighted by atomic mass is 32.2. The number of sulfonamides is 1. The third-order valence-electron chi connectivity index (χ3n) is 5.00. The summed E-state index contributed by atoms with van der Waals surface area (Å²) in [5.74, 6) is 2.12. The van der Waals surface area contributed by atoms with Crippen LogP contribution < -0.4 is 4.72 Å². The van der Waals surface area contributed by atoms with Crippen LogP contribution in [0.3, 0.4) is 0 Å². The summed E-state index contributed by atoms with van der Waals surface area (Å²) in [6.07, 6.45) is 8.88. The summed E-state index contributed by atoms with van der Waals surface area (Å²) in [6, 6.07) is 16.5. The number of likely N-dealkylation sites (tertiary alicyclic amines) is 1. The second-order valence-electron chi connectivity index (χ2n) is 6.88. The molecule has 1 heterocycles. The van der Waals surface area contributed by atoms with Crippen LogP contribution in [0.1, 0.15) is 35.2 Å². The van der Waals surface area contributed by atoms with Crippen LogP contribution in [0.5, 0.6) is 0 Å². The second-order valence-corrected chi connectivity index (χ2v) is 8.64. The van der Waals surface area contributed by atoms with Crippen LogP contribution in [0.2, 0.25) is 0 Å². The first-order chi connectivity index (χ1) is 13.5. The van der Waals surface area contributed by atoms with Crippen molar-refractivity contribution in [2.24, 2.45) is 0 Å². The number of carbonyl (C=O) groups is 1. The molecule has 5 nitrogen and oxygen atoms in total. The Morgan fingerprint density at radius 2 is 1.96 bits per heavy atom. The largest absolute Gasteiger partial charge is 0.336 e. The van der Waals surface area contributed by atoms with Crippen LogP contribution in [0.25, 0.3) is 0 Å². The van der Waals surface area contributed by atoms with Crippen molar-refractivity contribution < 1.29 is 13.2 Å². The SMILES string of the molecule is C#CCNS(=O)(=O)c1cccc(C(=O)N2CCCC2CCc2ccccc2)c1. The minimum Gasteiger partial charge on any atom is -0.336 e. The lowest BCUT2D eigenvalue weighted by atomic mass is 10.0. The Morgan fingerprint density at radius 3 is 2.71 bits per heavy atom. The van der Waals surface area contributed by atoms with Gasteiger partial charge < -0.3 is 4.90 Å². The predicted octanol–water partition coefficient (Wildman–Crippen LogP) is 2.84. The van der Waals surface area contributed by atoms with E-state index in [1.165, 1.54) is 17.7 Å². The van der Waals surface area contributed by atoms with E-state index >= 15 is 0 Å². The number of hydrogen-bond acceptors (Lipinski definition) is 3. The zero-order valence-corrected chi connectivity index (χ0v) is 16.5. The zero-order chi connectivity index (χ0) is 20.0. The number of benzene rings is 2. The van der Waals surface area contributed by atoms with E-state index in [1.807, 2.05) is 23.1 Å². The second kappa shape index (κ2) is 9.05. The maximum atomic E-state index is 13.0. The summed E-state index contributed by atoms with van der Waals surface area (Å²) in [5.41, 5.74) is 1.64. The molecule has 1 amide bonds. The summed E-state index contributed by atoms with van der Waals surface area (Å²) in [5, 5.41) is 0. The van der Waals surface area contributed by atoms with E-state index in [4.69, 9.17) is 6.42 Å². The average Bonchev–Trinajstić information content (AvgIpc) is 3.19. The topological polar surface area (TPSA) is 66.5 Å². The molecule has 6 heteroatoms. The molecule has 146 valence electrons. The van der Waals surface area contributed by atoms with Gasteiger partial charge in [0.1, 0.15) is 0 Å². The molecule has 0 bridgehead atoms. The highest BCUT2D eigenvalue weighted by molar-refractivity contribution is 7.89. The molecule has 0 aliphatic carbocycles. The van der Waals surface area contributed by atoms with Crippen LogP contribution in [0, 0.1) is 12.3 Å². The third-order valence-corrected chi connectivity index (χ3v) is 6.40. The van der Waals surface area contributed by atoms with Gasteiger partial charge in [-0.3, -0.25) is 4.79 Å². The van der Waals surface area contributed by atoms with E-state index in [0.717, 1.165) is 25.7 Å². The van der Waals surface area contributed by atoms with Crippen molar-refractivity contribution in [2.75, 3.05) is 13.1 Å². The Morgan fingerprint density at radius 1 is 1.18 bits per heavy atom. The summed E-state index contributed by atoms with van der Waals surface area (Å²) in [4.78, 5) is 15.0. The Bertz CT molecular complexity index is 965. The number of nitrogens with zero attached hydrogens (tertiary/aromatic N) is 1. The van der Waals surface area contributed by atoms with Crippen LogP contribution in [-0.4, -0.2) is 38.4 Å². The lowest BCUT2D eigenvalue weighted by Crippen LogP contribution is -2.36. The van der Waals surface area contributed by atoms with Crippen LogP contribution >= 0.6 is 0 Å². The van der Waals surface area contributed by atoms with Crippen molar-refractivity contribution in [1.82, 2.24) is 9.62 Å². The molecule has 1 aliphatic heterocycles. The van der Waals surface area contributed by atoms with Gasteiger partial charge in [0.2, 0.25) is 10.0 Å². The van der Waals surface area contributed by atoms with E-state index in [0.29, 0.717) is 12.1 Å². The molecule has 1 unspecified atom stereocenters. The van der Waals surface area contributed by atoms with Gasteiger partial charge in [-0.05, 0) is 49.4 Å². The molecule has 28 heavy (non-hydrogen) atoms. The van der Waals surface area contributed by atoms with Gasteiger partial charge in [0.05, 0.1) is 11.4 Å². The fourth-order valence-corrected chi connectivity index (χ4v) is 4.54. The fraction of sp³-hybridized carbons (Fsp3) is 0.318. The average molecular weight is 397 g/mol. The Hall–Kier alpha value is -2.62. The maximum absolute atomic E-state index is 13.0. The molecule has 0 radical (unpaired) electrons. The predicted molar refractivity (Wildman–Crippen MR) is 109 cm³/mol. The molecule has 2 aromatic rings.